The fourth-order valence-corrected chi connectivity index (χ4v) is 0. The highest BCUT2D eigenvalue weighted by molar-refractivity contribution is 2.52. The summed E-state index contributed by atoms with van der Waals surface area (Å²) in [5, 5.41) is 0. The van der Waals surface area contributed by atoms with Crippen LogP contribution in [0.1, 0.15) is 172 Å². The molecule has 0 aromatic carbocycles. The second kappa shape index (κ2) is 0. The molecule has 0 radical (unpaired) electrons. The van der Waals surface area contributed by atoms with E-state index in [-0.39, 0.29) is 172 Å². The average Bonchev–Trinajstić information content (AvgIpc) is 0. The Bertz CT molecular complexity index is 29.7. The van der Waals surface area contributed by atoms with E-state index < -0.39 is 0 Å². The second-order valence-corrected chi connectivity index (χ2v) is 0. The second-order valence-electron chi connectivity index (χ2n) is 0. The third-order valence-corrected chi connectivity index (χ3v) is 0. The maximum Gasteiger partial charge on any atom is 0 e. The fraction of sp³-hybridized carbons (Fsp3) is 1.00. The highest BCUT2D eigenvalue weighted by Gasteiger charge is -0.0576. The first-order valence-corrected chi connectivity index (χ1v) is 0. The Hall–Kier alpha value is 0. The molecule has 0 unspecified atom stereocenters. The Kier molecular flexibility index (Phi) is 0. The molecule has 0 rings (SSSR count). The van der Waals surface area contributed by atoms with Gasteiger partial charge in [0.2, 0.25) is 0 Å². The molecule has 0 spiro atoms. The van der Waals surface area contributed by atoms with Gasteiger partial charge in [-0.2, -0.15) is 0 Å². The van der Waals surface area contributed by atoms with Gasteiger partial charge in [-0.15, -0.1) is 0 Å². The van der Waals surface area contributed by atoms with Gasteiger partial charge < -0.3 is 0 Å². The predicted molar refractivity (Wildman–Crippen MR) is 165 cm³/mol. The van der Waals surface area contributed by atoms with E-state index in [9.17, 15) is 0 Å². The number of hydrogen-bond donors (Lipinski definition) is 0. The van der Waals surface area contributed by atoms with Gasteiger partial charge >= 0.3 is 0 Å². The van der Waals surface area contributed by atoms with Gasteiger partial charge in [-0.1, -0.05) is 156 Å². The topological polar surface area (TPSA) is 0 Å². The van der Waals surface area contributed by atoms with Crippen LogP contribution in [0.25, 0.3) is 0 Å². The molecule has 0 bridgehead atoms. The first kappa shape index (κ1) is 0. The molecule has 0 saturated heterocycles. The summed E-state index contributed by atoms with van der Waals surface area (Å²) in [5.74, 6) is 0. The number of rotatable bonds is 0. The van der Waals surface area contributed by atoms with Crippen LogP contribution in [0.3, 0.4) is 0 Å². The SMILES string of the molecule is C.C.C.C.C.C.C.C.C.C.C.C.C.C.C.C.C.C.C.C.C.[3HH].[3HH].[3HH].[3HH].[3HH].[3HH].[3HH].[3HH].[3HH].[3HH].[3HH]. The van der Waals surface area contributed by atoms with Gasteiger partial charge in [-0.3, -0.25) is 0 Å². The molecule has 0 aliphatic heterocycles. The maximum atomic E-state index is 0. The third kappa shape index (κ3) is 0. The lowest BCUT2D eigenvalue weighted by atomic mass is 12.0. The molecule has 0 heterocycles. The van der Waals surface area contributed by atoms with Gasteiger partial charge in [0.15, 0.2) is 0 Å². The molecule has 0 atom stereocenters. The molecular formula is C21H106. The largest absolute Gasteiger partial charge is 0.0776 e. The molecule has 0 aromatic heterocycles. The van der Waals surface area contributed by atoms with Crippen LogP contribution in [0.15, 0.2) is 0 Å². The van der Waals surface area contributed by atoms with E-state index in [1.165, 1.54) is 0 Å². The van der Waals surface area contributed by atoms with E-state index in [2.05, 4.69) is 0 Å². The monoisotopic (exact) mass is 381 g/mol. The maximum absolute atomic E-state index is 0. The van der Waals surface area contributed by atoms with Crippen LogP contribution in [-0.2, 0) is 0 Å². The lowest BCUT2D eigenvalue weighted by Gasteiger charge is -0.0786. The predicted octanol–water partition coefficient (Wildman–Crippen LogP) is 16.1. The highest BCUT2D eigenvalue weighted by Crippen LogP contribution is 0.164. The molecule has 0 aliphatic rings. The van der Waals surface area contributed by atoms with Crippen LogP contribution in [0.2, 0.25) is 0 Å². The first-order valence-electron chi connectivity index (χ1n) is 0. The average molecular weight is 381 g/mol. The summed E-state index contributed by atoms with van der Waals surface area (Å²) in [6.45, 7) is 0. The van der Waals surface area contributed by atoms with Crippen molar-refractivity contribution >= 4 is 0 Å². The van der Waals surface area contributed by atoms with Crippen molar-refractivity contribution in [1.82, 2.24) is 0 Å². The van der Waals surface area contributed by atoms with E-state index >= 15 is 0 Å². The van der Waals surface area contributed by atoms with Crippen LogP contribution in [-0.4, -0.2) is 0 Å². The molecule has 0 N–H and O–H groups in total. The van der Waals surface area contributed by atoms with E-state index in [0.29, 0.717) is 0 Å². The van der Waals surface area contributed by atoms with Crippen LogP contribution in [0.4, 0.5) is 0 Å². The summed E-state index contributed by atoms with van der Waals surface area (Å²) in [4.78, 5) is 0. The minimum Gasteiger partial charge on any atom is -0.0776 e. The zero-order valence-corrected chi connectivity index (χ0v) is 0. The van der Waals surface area contributed by atoms with E-state index in [1.54, 1.807) is 0 Å². The zero-order chi connectivity index (χ0) is 0. The van der Waals surface area contributed by atoms with Gasteiger partial charge in [0.05, 0.1) is 0 Å². The number of hydrogen-bond acceptors (Lipinski definition) is 0. The van der Waals surface area contributed by atoms with Gasteiger partial charge in [0.1, 0.15) is 0 Å². The normalized spacial score (nSPS) is 0. The van der Waals surface area contributed by atoms with Crippen molar-refractivity contribution in [3.63, 3.8) is 0 Å². The van der Waals surface area contributed by atoms with Crippen LogP contribution in [0.5, 0.6) is 0 Å². The van der Waals surface area contributed by atoms with Crippen molar-refractivity contribution in [2.24, 2.45) is 0 Å². The molecule has 0 aromatic rings. The standard InChI is InChI=1S/21CH4.11H2/h21*1H4;11*1H/i;;;;;;;;;;;;;;;;;;;;;11*1+2. The smallest absolute Gasteiger partial charge is 0 e. The Morgan fingerprint density at radius 2 is 0.0952 bits per heavy atom. The van der Waals surface area contributed by atoms with Crippen molar-refractivity contribution < 1.29 is 15.7 Å². The lowest BCUT2D eigenvalue weighted by molar-refractivity contribution is 2.50. The molecule has 21 heavy (non-hydrogen) atoms. The Morgan fingerprint density at radius 3 is 0.0952 bits per heavy atom. The van der Waals surface area contributed by atoms with Crippen LogP contribution in [0, 0.1) is 0 Å². The molecule has 0 amide bonds. The van der Waals surface area contributed by atoms with Gasteiger partial charge in [-0.05, 0) is 0 Å². The van der Waals surface area contributed by atoms with Crippen molar-refractivity contribution in [2.45, 2.75) is 156 Å². The molecule has 0 nitrogen and oxygen atoms in total. The van der Waals surface area contributed by atoms with Crippen molar-refractivity contribution in [3.05, 3.63) is 0 Å². The van der Waals surface area contributed by atoms with Crippen molar-refractivity contribution in [2.75, 3.05) is 0 Å². The van der Waals surface area contributed by atoms with Crippen LogP contribution >= 0.6 is 0 Å². The van der Waals surface area contributed by atoms with Crippen LogP contribution < -0.4 is 0 Å². The third-order valence-electron chi connectivity index (χ3n) is 0. The van der Waals surface area contributed by atoms with Crippen molar-refractivity contribution in [3.8, 4) is 0 Å². The minimum absolute atomic E-state index is 0. The molecule has 0 heteroatoms. The summed E-state index contributed by atoms with van der Waals surface area (Å²) in [6.07, 6.45) is 0. The fourth-order valence-electron chi connectivity index (χ4n) is 0. The molecule has 0 aliphatic carbocycles. The zero-order valence-electron chi connectivity index (χ0n) is 0. The van der Waals surface area contributed by atoms with E-state index in [4.69, 9.17) is 0 Å². The Morgan fingerprint density at radius 1 is 0.0952 bits per heavy atom. The van der Waals surface area contributed by atoms with E-state index in [0.717, 1.165) is 0 Å². The Labute approximate surface area is 172 Å². The van der Waals surface area contributed by atoms with Gasteiger partial charge in [-0.25, -0.2) is 0 Å². The Balaban J connectivity index is 0. The van der Waals surface area contributed by atoms with Crippen molar-refractivity contribution in [1.29, 1.82) is 0 Å². The molecule has 190 valence electrons. The highest BCUT2D eigenvalue weighted by atomic mass is 12.0. The van der Waals surface area contributed by atoms with Gasteiger partial charge in [0.25, 0.3) is 0 Å². The van der Waals surface area contributed by atoms with Gasteiger partial charge in [0, 0.05) is 15.7 Å². The minimum atomic E-state index is 0. The van der Waals surface area contributed by atoms with E-state index in [1.807, 2.05) is 0 Å². The summed E-state index contributed by atoms with van der Waals surface area (Å²) < 4.78 is 0. The molecule has 0 fully saturated rings. The molecule has 0 saturated carbocycles. The lowest BCUT2D eigenvalue weighted by Crippen LogP contribution is 0.143. The molecular weight excluding hydrogens is 252 g/mol. The quantitative estimate of drug-likeness (QED) is 0.391. The summed E-state index contributed by atoms with van der Waals surface area (Å²) in [7, 11) is 0. The summed E-state index contributed by atoms with van der Waals surface area (Å²) in [5.41, 5.74) is 0. The summed E-state index contributed by atoms with van der Waals surface area (Å²) >= 11 is 0. The summed E-state index contributed by atoms with van der Waals surface area (Å²) in [6, 6.07) is 0. The first-order chi connectivity index (χ1) is 0.